The van der Waals surface area contributed by atoms with E-state index >= 15 is 0 Å². The number of nitrogens with one attached hydrogen (secondary N) is 2. The highest BCUT2D eigenvalue weighted by molar-refractivity contribution is 7.90. The van der Waals surface area contributed by atoms with Gasteiger partial charge in [-0.05, 0) is 41.2 Å². The van der Waals surface area contributed by atoms with Gasteiger partial charge in [-0.15, -0.1) is 0 Å². The van der Waals surface area contributed by atoms with Crippen molar-refractivity contribution in [3.05, 3.63) is 65.2 Å². The van der Waals surface area contributed by atoms with Crippen LogP contribution in [0.25, 0.3) is 0 Å². The van der Waals surface area contributed by atoms with Crippen LogP contribution in [0.1, 0.15) is 81.9 Å². The minimum atomic E-state index is -3.63. The van der Waals surface area contributed by atoms with E-state index < -0.39 is 16.1 Å². The number of anilines is 1. The standard InChI is InChI=1S/C26H38N2O4S/c1-4-5-6-7-8-9-18-33(30,31)28-26(29)27-25-16-12-23(13-17-25)20-32-19-22-10-14-24(15-11-22)21(2)3/h10-17,21H,4-9,18-20H2,1-3H3,(H2,27,28,29). The van der Waals surface area contributed by atoms with Crippen molar-refractivity contribution in [2.75, 3.05) is 11.1 Å². The molecule has 2 N–H and O–H groups in total. The second kappa shape index (κ2) is 14.0. The van der Waals surface area contributed by atoms with Crippen LogP contribution in [0.4, 0.5) is 10.5 Å². The molecule has 2 aromatic carbocycles. The first-order valence-corrected chi connectivity index (χ1v) is 13.5. The zero-order chi connectivity index (χ0) is 24.1. The molecule has 0 heterocycles. The van der Waals surface area contributed by atoms with Gasteiger partial charge in [-0.3, -0.25) is 0 Å². The largest absolute Gasteiger partial charge is 0.372 e. The van der Waals surface area contributed by atoms with Gasteiger partial charge < -0.3 is 10.1 Å². The smallest absolute Gasteiger partial charge is 0.332 e. The normalized spacial score (nSPS) is 11.5. The molecule has 2 rings (SSSR count). The molecule has 2 amide bonds. The van der Waals surface area contributed by atoms with Gasteiger partial charge in [-0.1, -0.05) is 89.3 Å². The average Bonchev–Trinajstić information content (AvgIpc) is 2.77. The lowest BCUT2D eigenvalue weighted by Gasteiger charge is -2.10. The quantitative estimate of drug-likeness (QED) is 0.313. The molecule has 6 nitrogen and oxygen atoms in total. The number of amides is 2. The maximum absolute atomic E-state index is 12.1. The second-order valence-electron chi connectivity index (χ2n) is 8.73. The predicted molar refractivity (Wildman–Crippen MR) is 135 cm³/mol. The first kappa shape index (κ1) is 26.9. The molecule has 0 bridgehead atoms. The number of unbranched alkanes of at least 4 members (excludes halogenated alkanes) is 5. The van der Waals surface area contributed by atoms with Crippen LogP contribution in [0.3, 0.4) is 0 Å². The van der Waals surface area contributed by atoms with Crippen molar-refractivity contribution >= 4 is 21.7 Å². The maximum atomic E-state index is 12.1. The van der Waals surface area contributed by atoms with Crippen LogP contribution in [0.15, 0.2) is 48.5 Å². The van der Waals surface area contributed by atoms with E-state index in [9.17, 15) is 13.2 Å². The fourth-order valence-corrected chi connectivity index (χ4v) is 4.41. The van der Waals surface area contributed by atoms with E-state index in [1.807, 2.05) is 12.1 Å². The van der Waals surface area contributed by atoms with E-state index in [1.165, 1.54) is 12.0 Å². The van der Waals surface area contributed by atoms with Gasteiger partial charge in [0.1, 0.15) is 0 Å². The molecule has 0 aromatic heterocycles. The zero-order valence-electron chi connectivity index (χ0n) is 20.1. The number of hydrogen-bond donors (Lipinski definition) is 2. The van der Waals surface area contributed by atoms with Crippen LogP contribution in [-0.2, 0) is 28.0 Å². The molecule has 182 valence electrons. The monoisotopic (exact) mass is 474 g/mol. The zero-order valence-corrected chi connectivity index (χ0v) is 20.9. The van der Waals surface area contributed by atoms with Crippen molar-refractivity contribution < 1.29 is 17.9 Å². The first-order chi connectivity index (χ1) is 15.8. The fraction of sp³-hybridized carbons (Fsp3) is 0.500. The molecular weight excluding hydrogens is 436 g/mol. The molecule has 0 aliphatic carbocycles. The number of benzene rings is 2. The van der Waals surface area contributed by atoms with E-state index in [1.54, 1.807) is 12.1 Å². The van der Waals surface area contributed by atoms with Crippen LogP contribution in [-0.4, -0.2) is 20.2 Å². The van der Waals surface area contributed by atoms with Crippen LogP contribution < -0.4 is 10.0 Å². The molecule has 0 fully saturated rings. The third-order valence-corrected chi connectivity index (χ3v) is 6.73. The number of ether oxygens (including phenoxy) is 1. The lowest BCUT2D eigenvalue weighted by Crippen LogP contribution is -2.35. The average molecular weight is 475 g/mol. The molecule has 2 aromatic rings. The summed E-state index contributed by atoms with van der Waals surface area (Å²) in [5, 5.41) is 2.57. The Morgan fingerprint density at radius 1 is 0.848 bits per heavy atom. The van der Waals surface area contributed by atoms with Crippen LogP contribution >= 0.6 is 0 Å². The Bertz CT molecular complexity index is 939. The van der Waals surface area contributed by atoms with E-state index in [2.05, 4.69) is 55.1 Å². The third kappa shape index (κ3) is 10.9. The van der Waals surface area contributed by atoms with Gasteiger partial charge in [-0.25, -0.2) is 17.9 Å². The van der Waals surface area contributed by atoms with E-state index in [0.29, 0.717) is 31.2 Å². The molecule has 0 radical (unpaired) electrons. The van der Waals surface area contributed by atoms with Gasteiger partial charge in [0.25, 0.3) is 0 Å². The summed E-state index contributed by atoms with van der Waals surface area (Å²) in [6.07, 6.45) is 5.89. The molecule has 0 spiro atoms. The minimum Gasteiger partial charge on any atom is -0.372 e. The van der Waals surface area contributed by atoms with Crippen molar-refractivity contribution in [3.8, 4) is 0 Å². The Balaban J connectivity index is 1.70. The Morgan fingerprint density at radius 2 is 1.39 bits per heavy atom. The summed E-state index contributed by atoms with van der Waals surface area (Å²) >= 11 is 0. The van der Waals surface area contributed by atoms with Gasteiger partial charge in [0.2, 0.25) is 10.0 Å². The van der Waals surface area contributed by atoms with Gasteiger partial charge >= 0.3 is 6.03 Å². The number of carbonyl (C=O) groups excluding carboxylic acids is 1. The SMILES string of the molecule is CCCCCCCCS(=O)(=O)NC(=O)Nc1ccc(COCc2ccc(C(C)C)cc2)cc1. The molecule has 7 heteroatoms. The molecule has 0 saturated carbocycles. The third-order valence-electron chi connectivity index (χ3n) is 5.41. The predicted octanol–water partition coefficient (Wildman–Crippen LogP) is 6.34. The minimum absolute atomic E-state index is 0.0387. The summed E-state index contributed by atoms with van der Waals surface area (Å²) in [5.74, 6) is 0.470. The Kier molecular flexibility index (Phi) is 11.4. The van der Waals surface area contributed by atoms with Gasteiger partial charge in [0, 0.05) is 5.69 Å². The van der Waals surface area contributed by atoms with E-state index in [4.69, 9.17) is 4.74 Å². The Morgan fingerprint density at radius 3 is 1.97 bits per heavy atom. The number of hydrogen-bond acceptors (Lipinski definition) is 4. The van der Waals surface area contributed by atoms with Crippen LogP contribution in [0, 0.1) is 0 Å². The number of urea groups is 1. The lowest BCUT2D eigenvalue weighted by molar-refractivity contribution is 0.107. The Labute approximate surface area is 199 Å². The molecule has 33 heavy (non-hydrogen) atoms. The molecule has 0 aliphatic heterocycles. The van der Waals surface area contributed by atoms with Gasteiger partial charge in [-0.2, -0.15) is 0 Å². The van der Waals surface area contributed by atoms with Crippen molar-refractivity contribution in [3.63, 3.8) is 0 Å². The molecule has 0 aliphatic rings. The van der Waals surface area contributed by atoms with E-state index in [0.717, 1.165) is 36.8 Å². The second-order valence-corrected chi connectivity index (χ2v) is 10.6. The summed E-state index contributed by atoms with van der Waals surface area (Å²) in [7, 11) is -3.63. The van der Waals surface area contributed by atoms with Gasteiger partial charge in [0.05, 0.1) is 19.0 Å². The summed E-state index contributed by atoms with van der Waals surface area (Å²) in [5.41, 5.74) is 3.92. The van der Waals surface area contributed by atoms with Crippen molar-refractivity contribution in [1.82, 2.24) is 4.72 Å². The van der Waals surface area contributed by atoms with Gasteiger partial charge in [0.15, 0.2) is 0 Å². The molecule has 0 saturated heterocycles. The summed E-state index contributed by atoms with van der Waals surface area (Å²) in [6.45, 7) is 7.45. The molecule has 0 atom stereocenters. The highest BCUT2D eigenvalue weighted by Crippen LogP contribution is 2.16. The number of carbonyl (C=O) groups is 1. The molecular formula is C26H38N2O4S. The van der Waals surface area contributed by atoms with Crippen molar-refractivity contribution in [2.45, 2.75) is 78.4 Å². The highest BCUT2D eigenvalue weighted by Gasteiger charge is 2.14. The van der Waals surface area contributed by atoms with Crippen LogP contribution in [0.2, 0.25) is 0 Å². The maximum Gasteiger partial charge on any atom is 0.332 e. The molecule has 0 unspecified atom stereocenters. The summed E-state index contributed by atoms with van der Waals surface area (Å²) in [6, 6.07) is 14.8. The van der Waals surface area contributed by atoms with Crippen molar-refractivity contribution in [2.24, 2.45) is 0 Å². The summed E-state index contributed by atoms with van der Waals surface area (Å²) in [4.78, 5) is 12.1. The fourth-order valence-electron chi connectivity index (χ4n) is 3.39. The lowest BCUT2D eigenvalue weighted by atomic mass is 10.0. The first-order valence-electron chi connectivity index (χ1n) is 11.9. The summed E-state index contributed by atoms with van der Waals surface area (Å²) < 4.78 is 32.0. The van der Waals surface area contributed by atoms with Crippen LogP contribution in [0.5, 0.6) is 0 Å². The van der Waals surface area contributed by atoms with Crippen molar-refractivity contribution in [1.29, 1.82) is 0 Å². The number of rotatable bonds is 14. The topological polar surface area (TPSA) is 84.5 Å². The Hall–Kier alpha value is -2.38. The number of sulfonamides is 1. The van der Waals surface area contributed by atoms with E-state index in [-0.39, 0.29) is 5.75 Å². The highest BCUT2D eigenvalue weighted by atomic mass is 32.2.